The van der Waals surface area contributed by atoms with E-state index in [-0.39, 0.29) is 11.6 Å². The fourth-order valence-corrected chi connectivity index (χ4v) is 3.72. The number of hydrogen-bond donors (Lipinski definition) is 1. The zero-order valence-corrected chi connectivity index (χ0v) is 17.1. The van der Waals surface area contributed by atoms with Crippen molar-refractivity contribution in [2.24, 2.45) is 0 Å². The first-order valence-corrected chi connectivity index (χ1v) is 10.1. The quantitative estimate of drug-likeness (QED) is 0.535. The summed E-state index contributed by atoms with van der Waals surface area (Å²) in [5.41, 5.74) is 1.73. The van der Waals surface area contributed by atoms with Gasteiger partial charge < -0.3 is 5.32 Å². The first-order valence-electron chi connectivity index (χ1n) is 9.76. The number of amides is 2. The number of anilines is 1. The van der Waals surface area contributed by atoms with E-state index in [0.29, 0.717) is 46.2 Å². The zero-order chi connectivity index (χ0) is 21.4. The van der Waals surface area contributed by atoms with Crippen LogP contribution in [-0.4, -0.2) is 38.6 Å². The first kappa shape index (κ1) is 19.2. The fourth-order valence-electron chi connectivity index (χ4n) is 3.61. The molecular weight excluding hydrogens is 416 g/mol. The molecule has 5 rings (SSSR count). The SMILES string of the molecule is O=C1NCCCN1c1ccc(-c2nc3cnccc3c(=O)n2-c2ccc(Cl)cn2)cc1. The lowest BCUT2D eigenvalue weighted by Gasteiger charge is -2.27. The Balaban J connectivity index is 1.67. The number of nitrogens with zero attached hydrogens (tertiary/aromatic N) is 5. The van der Waals surface area contributed by atoms with E-state index in [2.05, 4.69) is 15.3 Å². The van der Waals surface area contributed by atoms with Crippen LogP contribution in [0.5, 0.6) is 0 Å². The molecule has 4 aromatic rings. The van der Waals surface area contributed by atoms with Crippen LogP contribution in [0.15, 0.2) is 65.8 Å². The third-order valence-electron chi connectivity index (χ3n) is 5.13. The Labute approximate surface area is 182 Å². The van der Waals surface area contributed by atoms with Crippen LogP contribution in [0.4, 0.5) is 10.5 Å². The van der Waals surface area contributed by atoms with Crippen molar-refractivity contribution in [1.29, 1.82) is 0 Å². The average molecular weight is 433 g/mol. The molecule has 1 N–H and O–H groups in total. The van der Waals surface area contributed by atoms with Gasteiger partial charge in [-0.15, -0.1) is 0 Å². The van der Waals surface area contributed by atoms with Gasteiger partial charge >= 0.3 is 6.03 Å². The van der Waals surface area contributed by atoms with Crippen LogP contribution in [-0.2, 0) is 0 Å². The molecule has 4 heterocycles. The van der Waals surface area contributed by atoms with Crippen LogP contribution in [0.25, 0.3) is 28.1 Å². The largest absolute Gasteiger partial charge is 0.338 e. The van der Waals surface area contributed by atoms with Crippen molar-refractivity contribution in [1.82, 2.24) is 24.8 Å². The molecule has 3 aromatic heterocycles. The summed E-state index contributed by atoms with van der Waals surface area (Å²) in [6.07, 6.45) is 5.49. The lowest BCUT2D eigenvalue weighted by molar-refractivity contribution is 0.243. The number of urea groups is 1. The number of pyridine rings is 2. The molecule has 154 valence electrons. The number of hydrogen-bond acceptors (Lipinski definition) is 5. The van der Waals surface area contributed by atoms with Crippen LogP contribution in [0.2, 0.25) is 5.02 Å². The molecule has 1 saturated heterocycles. The monoisotopic (exact) mass is 432 g/mol. The van der Waals surface area contributed by atoms with Crippen molar-refractivity contribution in [3.05, 3.63) is 76.4 Å². The second-order valence-corrected chi connectivity index (χ2v) is 7.52. The number of halogens is 1. The maximum Gasteiger partial charge on any atom is 0.321 e. The van der Waals surface area contributed by atoms with Crippen molar-refractivity contribution in [2.45, 2.75) is 6.42 Å². The third kappa shape index (κ3) is 3.51. The van der Waals surface area contributed by atoms with Crippen molar-refractivity contribution in [3.63, 3.8) is 0 Å². The Morgan fingerprint density at radius 3 is 2.58 bits per heavy atom. The van der Waals surface area contributed by atoms with Gasteiger partial charge in [0.05, 0.1) is 22.1 Å². The standard InChI is InChI=1S/C22H17ClN6O2/c23-15-4-7-19(26-12-15)29-20(27-18-13-24-10-8-17(18)21(29)30)14-2-5-16(6-3-14)28-11-1-9-25-22(28)31/h2-8,10,12-13H,1,9,11H2,(H,25,31). The predicted molar refractivity (Wildman–Crippen MR) is 119 cm³/mol. The maximum atomic E-state index is 13.3. The minimum Gasteiger partial charge on any atom is -0.338 e. The van der Waals surface area contributed by atoms with Gasteiger partial charge in [0.25, 0.3) is 5.56 Å². The summed E-state index contributed by atoms with van der Waals surface area (Å²) in [7, 11) is 0. The Morgan fingerprint density at radius 1 is 1.00 bits per heavy atom. The highest BCUT2D eigenvalue weighted by Gasteiger charge is 2.20. The predicted octanol–water partition coefficient (Wildman–Crippen LogP) is 3.42. The molecule has 9 heteroatoms. The first-order chi connectivity index (χ1) is 15.1. The second kappa shape index (κ2) is 7.81. The Bertz CT molecular complexity index is 1340. The molecule has 8 nitrogen and oxygen atoms in total. The molecule has 0 saturated carbocycles. The van der Waals surface area contributed by atoms with Crippen LogP contribution < -0.4 is 15.8 Å². The number of benzene rings is 1. The molecule has 1 aliphatic heterocycles. The van der Waals surface area contributed by atoms with E-state index < -0.39 is 0 Å². The molecule has 0 unspecified atom stereocenters. The second-order valence-electron chi connectivity index (χ2n) is 7.09. The van der Waals surface area contributed by atoms with Crippen molar-refractivity contribution in [2.75, 3.05) is 18.0 Å². The smallest absolute Gasteiger partial charge is 0.321 e. The molecule has 0 bridgehead atoms. The van der Waals surface area contributed by atoms with E-state index in [4.69, 9.17) is 16.6 Å². The summed E-state index contributed by atoms with van der Waals surface area (Å²) in [6.45, 7) is 1.34. The summed E-state index contributed by atoms with van der Waals surface area (Å²) in [5.74, 6) is 0.838. The lowest BCUT2D eigenvalue weighted by Crippen LogP contribution is -2.46. The van der Waals surface area contributed by atoms with Gasteiger partial charge in [0.1, 0.15) is 11.6 Å². The molecule has 1 aromatic carbocycles. The fraction of sp³-hybridized carbons (Fsp3) is 0.136. The zero-order valence-electron chi connectivity index (χ0n) is 16.3. The molecule has 1 aliphatic rings. The van der Waals surface area contributed by atoms with Crippen molar-refractivity contribution < 1.29 is 4.79 Å². The van der Waals surface area contributed by atoms with Gasteiger partial charge in [0, 0.05) is 36.7 Å². The highest BCUT2D eigenvalue weighted by molar-refractivity contribution is 6.30. The maximum absolute atomic E-state index is 13.3. The highest BCUT2D eigenvalue weighted by Crippen LogP contribution is 2.25. The van der Waals surface area contributed by atoms with Gasteiger partial charge in [-0.25, -0.2) is 19.3 Å². The van der Waals surface area contributed by atoms with Crippen molar-refractivity contribution >= 4 is 34.2 Å². The summed E-state index contributed by atoms with van der Waals surface area (Å²) in [6, 6.07) is 12.2. The number of carbonyl (C=O) groups excluding carboxylic acids is 1. The lowest BCUT2D eigenvalue weighted by atomic mass is 10.1. The Hall–Kier alpha value is -3.78. The number of rotatable bonds is 3. The summed E-state index contributed by atoms with van der Waals surface area (Å²) in [5, 5.41) is 3.76. The van der Waals surface area contributed by atoms with Crippen LogP contribution in [0.1, 0.15) is 6.42 Å². The van der Waals surface area contributed by atoms with Gasteiger partial charge in [-0.1, -0.05) is 11.6 Å². The number of fused-ring (bicyclic) bond motifs is 1. The van der Waals surface area contributed by atoms with Gasteiger partial charge in [0.15, 0.2) is 0 Å². The molecule has 0 spiro atoms. The van der Waals surface area contributed by atoms with E-state index in [1.165, 1.54) is 10.8 Å². The van der Waals surface area contributed by atoms with Gasteiger partial charge in [0.2, 0.25) is 0 Å². The number of nitrogens with one attached hydrogen (secondary N) is 1. The highest BCUT2D eigenvalue weighted by atomic mass is 35.5. The number of aromatic nitrogens is 4. The van der Waals surface area contributed by atoms with E-state index in [0.717, 1.165) is 12.1 Å². The minimum atomic E-state index is -0.253. The van der Waals surface area contributed by atoms with E-state index in [1.807, 2.05) is 24.3 Å². The summed E-state index contributed by atoms with van der Waals surface area (Å²) >= 11 is 5.98. The van der Waals surface area contributed by atoms with Crippen LogP contribution in [0.3, 0.4) is 0 Å². The van der Waals surface area contributed by atoms with Crippen molar-refractivity contribution in [3.8, 4) is 17.2 Å². The van der Waals surface area contributed by atoms with Gasteiger partial charge in [-0.2, -0.15) is 0 Å². The minimum absolute atomic E-state index is 0.115. The Kier molecular flexibility index (Phi) is 4.83. The molecule has 1 fully saturated rings. The van der Waals surface area contributed by atoms with Crippen LogP contribution in [0, 0.1) is 0 Å². The molecule has 31 heavy (non-hydrogen) atoms. The molecule has 2 amide bonds. The van der Waals surface area contributed by atoms with E-state index in [9.17, 15) is 9.59 Å². The Morgan fingerprint density at radius 2 is 1.84 bits per heavy atom. The van der Waals surface area contributed by atoms with E-state index in [1.54, 1.807) is 35.5 Å². The number of carbonyl (C=O) groups is 1. The van der Waals surface area contributed by atoms with Gasteiger partial charge in [-0.3, -0.25) is 14.7 Å². The molecule has 0 aliphatic carbocycles. The van der Waals surface area contributed by atoms with Crippen LogP contribution >= 0.6 is 11.6 Å². The summed E-state index contributed by atoms with van der Waals surface area (Å²) in [4.78, 5) is 40.3. The third-order valence-corrected chi connectivity index (χ3v) is 5.35. The average Bonchev–Trinajstić information content (AvgIpc) is 2.80. The summed E-state index contributed by atoms with van der Waals surface area (Å²) < 4.78 is 1.46. The van der Waals surface area contributed by atoms with Gasteiger partial charge in [-0.05, 0) is 48.9 Å². The topological polar surface area (TPSA) is 93.0 Å². The molecule has 0 atom stereocenters. The normalized spacial score (nSPS) is 14.0. The van der Waals surface area contributed by atoms with E-state index >= 15 is 0 Å². The molecular formula is C22H17ClN6O2. The molecule has 0 radical (unpaired) electrons.